The molecular weight excluding hydrogens is 679 g/mol. The number of hydrogen-bond acceptors (Lipinski definition) is 9. The number of rotatable bonds is 17. The number of Topliss-reactive ketones (excluding diaryl/α,β-unsaturated/α-hetero) is 1. The van der Waals surface area contributed by atoms with Crippen LogP contribution in [0.1, 0.15) is 73.5 Å². The van der Waals surface area contributed by atoms with E-state index < -0.39 is 30.2 Å². The minimum Gasteiger partial charge on any atom is -0.445 e. The van der Waals surface area contributed by atoms with E-state index in [1.165, 1.54) is 24.6 Å². The Morgan fingerprint density at radius 2 is 1.71 bits per heavy atom. The lowest BCUT2D eigenvalue weighted by atomic mass is 9.82. The Hall–Kier alpha value is -4.81. The van der Waals surface area contributed by atoms with Gasteiger partial charge < -0.3 is 29.8 Å². The first-order chi connectivity index (χ1) is 25.2. The maximum Gasteiger partial charge on any atom is 0.407 e. The van der Waals surface area contributed by atoms with Crippen molar-refractivity contribution in [2.45, 2.75) is 90.1 Å². The summed E-state index contributed by atoms with van der Waals surface area (Å²) in [5.41, 5.74) is 3.89. The van der Waals surface area contributed by atoms with Crippen LogP contribution in [0.15, 0.2) is 89.1 Å². The topological polar surface area (TPSA) is 147 Å². The molecule has 52 heavy (non-hydrogen) atoms. The molecule has 0 saturated carbocycles. The number of allylic oxidation sites excluding steroid dienone is 2. The van der Waals surface area contributed by atoms with E-state index in [-0.39, 0.29) is 30.8 Å². The molecule has 5 rings (SSSR count). The monoisotopic (exact) mass is 727 g/mol. The lowest BCUT2D eigenvalue weighted by Crippen LogP contribution is -2.52. The second-order valence-electron chi connectivity index (χ2n) is 13.7. The molecule has 0 fully saturated rings. The Morgan fingerprint density at radius 1 is 1.00 bits per heavy atom. The van der Waals surface area contributed by atoms with Gasteiger partial charge in [0.15, 0.2) is 24.5 Å². The van der Waals surface area contributed by atoms with Gasteiger partial charge in [0.05, 0.1) is 36.6 Å². The molecule has 276 valence electrons. The normalized spacial score (nSPS) is 15.2. The van der Waals surface area contributed by atoms with Crippen LogP contribution in [0.3, 0.4) is 0 Å². The van der Waals surface area contributed by atoms with E-state index in [1.54, 1.807) is 23.3 Å². The largest absolute Gasteiger partial charge is 0.445 e. The molecule has 1 aliphatic rings. The Bertz CT molecular complexity index is 1740. The molecule has 2 heterocycles. The number of carbonyl (C=O) groups excluding carboxylic acids is 3. The van der Waals surface area contributed by atoms with Crippen LogP contribution in [0.4, 0.5) is 9.59 Å². The molecule has 3 N–H and O–H groups in total. The standard InChI is InChI=1S/C40H49N5O6S/c1-27(2)36(44-39(48)45(3)23-32-25-52-38(42-32)30-17-11-6-12-18-30)37(47)31(19-28-13-7-4-8-14-28)21-35(46)34(20-29-15-9-5-10-16-29)43-40(49)50-24-33-22-41-26-51-33/h4-5,7-10,13-17,22,25-27,31,34-36,46H,6,11-12,18-21,23-24H2,1-3H3,(H,43,49)(H,44,48)/t31-,34-,35-,36-/m0/s1. The van der Waals surface area contributed by atoms with Crippen molar-refractivity contribution in [2.75, 3.05) is 7.05 Å². The van der Waals surface area contributed by atoms with Crippen molar-refractivity contribution in [2.24, 2.45) is 11.8 Å². The second-order valence-corrected chi connectivity index (χ2v) is 14.6. The number of hydrogen-bond donors (Lipinski definition) is 3. The highest BCUT2D eigenvalue weighted by Gasteiger charge is 2.35. The number of aromatic nitrogens is 2. The van der Waals surface area contributed by atoms with Gasteiger partial charge in [-0.05, 0) is 67.6 Å². The SMILES string of the molecule is CC(C)[C@H](NC(=O)N(C)Cc1csc(C2=CCCCC2)n1)C(=O)[C@@H](Cc1ccccc1)C[C@H](O)[C@H](Cc1ccccc1)NC(=O)OCc1cnco1. The van der Waals surface area contributed by atoms with Gasteiger partial charge in [0.2, 0.25) is 0 Å². The second kappa shape index (κ2) is 19.1. The molecular formula is C40H49N5O6S. The van der Waals surface area contributed by atoms with Crippen molar-refractivity contribution in [1.29, 1.82) is 0 Å². The average molecular weight is 728 g/mol. The van der Waals surface area contributed by atoms with E-state index in [4.69, 9.17) is 14.1 Å². The van der Waals surface area contributed by atoms with E-state index in [0.717, 1.165) is 41.1 Å². The molecule has 0 saturated heterocycles. The van der Waals surface area contributed by atoms with Crippen LogP contribution >= 0.6 is 11.3 Å². The van der Waals surface area contributed by atoms with Gasteiger partial charge in [0.25, 0.3) is 0 Å². The molecule has 4 atom stereocenters. The van der Waals surface area contributed by atoms with Gasteiger partial charge in [0, 0.05) is 18.3 Å². The first kappa shape index (κ1) is 38.4. The summed E-state index contributed by atoms with van der Waals surface area (Å²) in [6, 6.07) is 17.1. The predicted molar refractivity (Wildman–Crippen MR) is 200 cm³/mol. The number of ketones is 1. The van der Waals surface area contributed by atoms with Crippen LogP contribution in [0.2, 0.25) is 0 Å². The summed E-state index contributed by atoms with van der Waals surface area (Å²) >= 11 is 1.60. The number of alkyl carbamates (subject to hydrolysis) is 1. The van der Waals surface area contributed by atoms with E-state index >= 15 is 0 Å². The molecule has 0 unspecified atom stereocenters. The predicted octanol–water partition coefficient (Wildman–Crippen LogP) is 6.97. The number of ether oxygens (including phenoxy) is 1. The Morgan fingerprint density at radius 3 is 2.35 bits per heavy atom. The summed E-state index contributed by atoms with van der Waals surface area (Å²) < 4.78 is 10.5. The Labute approximate surface area is 309 Å². The van der Waals surface area contributed by atoms with Gasteiger partial charge in [0.1, 0.15) is 5.01 Å². The number of amides is 3. The van der Waals surface area contributed by atoms with Gasteiger partial charge in [-0.3, -0.25) is 4.79 Å². The average Bonchev–Trinajstić information content (AvgIpc) is 3.86. The van der Waals surface area contributed by atoms with Crippen molar-refractivity contribution >= 4 is 34.8 Å². The third-order valence-electron chi connectivity index (χ3n) is 9.26. The number of aliphatic hydroxyl groups excluding tert-OH is 1. The van der Waals surface area contributed by atoms with Crippen molar-refractivity contribution in [3.8, 4) is 0 Å². The van der Waals surface area contributed by atoms with Gasteiger partial charge in [-0.1, -0.05) is 80.6 Å². The number of nitrogens with zero attached hydrogens (tertiary/aromatic N) is 3. The third kappa shape index (κ3) is 11.3. The fourth-order valence-corrected chi connectivity index (χ4v) is 7.27. The first-order valence-electron chi connectivity index (χ1n) is 17.9. The minimum atomic E-state index is -1.12. The summed E-state index contributed by atoms with van der Waals surface area (Å²) in [6.07, 6.45) is 8.26. The highest BCUT2D eigenvalue weighted by Crippen LogP contribution is 2.29. The number of benzene rings is 2. The quantitative estimate of drug-likeness (QED) is 0.106. The summed E-state index contributed by atoms with van der Waals surface area (Å²) in [5, 5.41) is 20.6. The zero-order chi connectivity index (χ0) is 36.9. The molecule has 1 aliphatic carbocycles. The maximum absolute atomic E-state index is 14.5. The van der Waals surface area contributed by atoms with E-state index in [1.807, 2.05) is 79.9 Å². The number of oxazole rings is 1. The summed E-state index contributed by atoms with van der Waals surface area (Å²) in [5.74, 6) is -0.713. The zero-order valence-electron chi connectivity index (χ0n) is 30.1. The van der Waals surface area contributed by atoms with Crippen LogP contribution in [0, 0.1) is 11.8 Å². The van der Waals surface area contributed by atoms with Crippen molar-refractivity contribution in [1.82, 2.24) is 25.5 Å². The van der Waals surface area contributed by atoms with E-state index in [2.05, 4.69) is 21.7 Å². The molecule has 12 heteroatoms. The van der Waals surface area contributed by atoms with Crippen LogP contribution in [0.5, 0.6) is 0 Å². The minimum absolute atomic E-state index is 0.0417. The van der Waals surface area contributed by atoms with Crippen molar-refractivity contribution < 1.29 is 28.6 Å². The molecule has 0 aliphatic heterocycles. The van der Waals surface area contributed by atoms with Crippen LogP contribution in [-0.4, -0.2) is 63.1 Å². The van der Waals surface area contributed by atoms with Gasteiger partial charge >= 0.3 is 12.1 Å². The maximum atomic E-state index is 14.5. The molecule has 2 aromatic carbocycles. The molecule has 2 aromatic heterocycles. The first-order valence-corrected chi connectivity index (χ1v) is 18.8. The molecule has 3 amide bonds. The molecule has 0 bridgehead atoms. The number of aliphatic hydroxyl groups is 1. The van der Waals surface area contributed by atoms with Crippen molar-refractivity contribution in [3.05, 3.63) is 112 Å². The fraction of sp³-hybridized carbons (Fsp3) is 0.425. The van der Waals surface area contributed by atoms with Gasteiger partial charge in [-0.25, -0.2) is 19.6 Å². The van der Waals surface area contributed by atoms with E-state index in [0.29, 0.717) is 25.1 Å². The molecule has 11 nitrogen and oxygen atoms in total. The molecule has 0 spiro atoms. The smallest absolute Gasteiger partial charge is 0.407 e. The highest BCUT2D eigenvalue weighted by molar-refractivity contribution is 7.10. The lowest BCUT2D eigenvalue weighted by molar-refractivity contribution is -0.127. The Balaban J connectivity index is 1.29. The van der Waals surface area contributed by atoms with Crippen molar-refractivity contribution in [3.63, 3.8) is 0 Å². The fourth-order valence-electron chi connectivity index (χ4n) is 6.39. The zero-order valence-corrected chi connectivity index (χ0v) is 30.9. The molecule has 4 aromatic rings. The number of carbonyl (C=O) groups is 3. The molecule has 0 radical (unpaired) electrons. The van der Waals surface area contributed by atoms with Crippen LogP contribution < -0.4 is 10.6 Å². The Kier molecular flexibility index (Phi) is 14.1. The summed E-state index contributed by atoms with van der Waals surface area (Å²) in [4.78, 5) is 51.1. The van der Waals surface area contributed by atoms with Crippen LogP contribution in [0.25, 0.3) is 5.57 Å². The number of thiazole rings is 1. The van der Waals surface area contributed by atoms with Gasteiger partial charge in [-0.2, -0.15) is 0 Å². The third-order valence-corrected chi connectivity index (χ3v) is 10.2. The van der Waals surface area contributed by atoms with Crippen LogP contribution in [-0.2, 0) is 35.5 Å². The van der Waals surface area contributed by atoms with E-state index in [9.17, 15) is 19.5 Å². The number of urea groups is 1. The summed E-state index contributed by atoms with van der Waals surface area (Å²) in [7, 11) is 1.70. The highest BCUT2D eigenvalue weighted by atomic mass is 32.1. The lowest BCUT2D eigenvalue weighted by Gasteiger charge is -2.31. The van der Waals surface area contributed by atoms with Gasteiger partial charge in [-0.15, -0.1) is 11.3 Å². The summed E-state index contributed by atoms with van der Waals surface area (Å²) in [6.45, 7) is 3.97. The number of nitrogens with one attached hydrogen (secondary N) is 2.